The first-order chi connectivity index (χ1) is 8.89. The number of nitrogens with one attached hydrogen (secondary N) is 1. The molecule has 0 spiro atoms. The van der Waals surface area contributed by atoms with Crippen molar-refractivity contribution in [1.29, 1.82) is 0 Å². The minimum atomic E-state index is -3.57. The number of thioether (sulfide) groups is 1. The largest absolute Gasteiger partial charge is 0.326 e. The number of aromatic nitrogens is 2. The van der Waals surface area contributed by atoms with E-state index in [9.17, 15) is 8.42 Å². The van der Waals surface area contributed by atoms with Crippen molar-refractivity contribution in [3.8, 4) is 0 Å². The molecular weight excluding hydrogens is 284 g/mol. The van der Waals surface area contributed by atoms with Crippen molar-refractivity contribution in [2.45, 2.75) is 43.6 Å². The second kappa shape index (κ2) is 5.43. The second-order valence-electron chi connectivity index (χ2n) is 4.77. The predicted octanol–water partition coefficient (Wildman–Crippen LogP) is 0.691. The van der Waals surface area contributed by atoms with E-state index in [4.69, 9.17) is 5.73 Å². The summed E-state index contributed by atoms with van der Waals surface area (Å²) in [5.41, 5.74) is 6.93. The van der Waals surface area contributed by atoms with Crippen LogP contribution in [0.5, 0.6) is 0 Å². The number of sulfonamides is 1. The minimum Gasteiger partial charge on any atom is -0.326 e. The van der Waals surface area contributed by atoms with Crippen molar-refractivity contribution in [3.63, 3.8) is 0 Å². The normalized spacial score (nSPS) is 25.7. The van der Waals surface area contributed by atoms with Crippen molar-refractivity contribution in [1.82, 2.24) is 14.5 Å². The van der Waals surface area contributed by atoms with Gasteiger partial charge in [-0.15, -0.1) is 0 Å². The molecule has 0 saturated carbocycles. The molecule has 2 atom stereocenters. The molecule has 1 aromatic heterocycles. The number of nitrogens with zero attached hydrogens (tertiary/aromatic N) is 2. The first-order valence-corrected chi connectivity index (χ1v) is 8.75. The average Bonchev–Trinajstić information content (AvgIpc) is 2.74. The number of H-pyrrole nitrogens is 1. The molecule has 1 aliphatic heterocycles. The fourth-order valence-corrected chi connectivity index (χ4v) is 5.41. The molecular formula is C11H20N4O2S2. The van der Waals surface area contributed by atoms with Crippen LogP contribution in [0.25, 0.3) is 0 Å². The molecule has 6 nitrogen and oxygen atoms in total. The maximum absolute atomic E-state index is 12.7. The smallest absolute Gasteiger partial charge is 0.263 e. The molecule has 2 unspecified atom stereocenters. The Labute approximate surface area is 118 Å². The summed E-state index contributed by atoms with van der Waals surface area (Å²) < 4.78 is 27.0. The highest BCUT2D eigenvalue weighted by atomic mass is 32.2. The summed E-state index contributed by atoms with van der Waals surface area (Å²) in [5.74, 6) is 0.812. The van der Waals surface area contributed by atoms with Gasteiger partial charge in [-0.05, 0) is 13.8 Å². The van der Waals surface area contributed by atoms with E-state index >= 15 is 0 Å². The minimum absolute atomic E-state index is 0.0358. The zero-order valence-electron chi connectivity index (χ0n) is 11.4. The molecule has 0 aromatic carbocycles. The van der Waals surface area contributed by atoms with Crippen LogP contribution in [0.1, 0.15) is 25.1 Å². The molecule has 2 rings (SSSR count). The van der Waals surface area contributed by atoms with Gasteiger partial charge in [0, 0.05) is 41.4 Å². The first-order valence-electron chi connectivity index (χ1n) is 6.27. The van der Waals surface area contributed by atoms with Crippen LogP contribution >= 0.6 is 11.8 Å². The van der Waals surface area contributed by atoms with E-state index in [-0.39, 0.29) is 22.9 Å². The van der Waals surface area contributed by atoms with E-state index in [0.29, 0.717) is 17.8 Å². The van der Waals surface area contributed by atoms with Gasteiger partial charge < -0.3 is 5.73 Å². The highest BCUT2D eigenvalue weighted by Gasteiger charge is 2.37. The van der Waals surface area contributed by atoms with Crippen molar-refractivity contribution in [2.75, 3.05) is 12.3 Å². The van der Waals surface area contributed by atoms with Gasteiger partial charge >= 0.3 is 0 Å². The monoisotopic (exact) mass is 304 g/mol. The summed E-state index contributed by atoms with van der Waals surface area (Å²) in [4.78, 5) is 0. The fraction of sp³-hybridized carbons (Fsp3) is 0.727. The van der Waals surface area contributed by atoms with Crippen LogP contribution in [0.15, 0.2) is 5.03 Å². The standard InChI is InChI=1S/C11H20N4O2S2/c1-7-10(6-12)11(14-13-7)19(16,17)15-4-5-18-9(3)8(15)2/h8-9H,4-6,12H2,1-3H3,(H,13,14). The van der Waals surface area contributed by atoms with Gasteiger partial charge in [-0.2, -0.15) is 21.2 Å². The van der Waals surface area contributed by atoms with Gasteiger partial charge in [0.2, 0.25) is 0 Å². The Hall–Kier alpha value is -0.570. The fourth-order valence-electron chi connectivity index (χ4n) is 2.24. The third-order valence-electron chi connectivity index (χ3n) is 3.62. The molecule has 19 heavy (non-hydrogen) atoms. The maximum Gasteiger partial charge on any atom is 0.263 e. The molecule has 0 radical (unpaired) electrons. The molecule has 8 heteroatoms. The molecule has 3 N–H and O–H groups in total. The highest BCUT2D eigenvalue weighted by molar-refractivity contribution is 8.00. The van der Waals surface area contributed by atoms with Crippen LogP contribution in [-0.2, 0) is 16.6 Å². The number of hydrogen-bond donors (Lipinski definition) is 2. The van der Waals surface area contributed by atoms with Gasteiger partial charge in [-0.3, -0.25) is 5.10 Å². The summed E-state index contributed by atoms with van der Waals surface area (Å²) in [6, 6.07) is -0.0358. The van der Waals surface area contributed by atoms with Crippen LogP contribution in [-0.4, -0.2) is 46.5 Å². The Morgan fingerprint density at radius 2 is 2.21 bits per heavy atom. The number of nitrogens with two attached hydrogens (primary N) is 1. The molecule has 1 aliphatic rings. The van der Waals surface area contributed by atoms with Gasteiger partial charge in [0.15, 0.2) is 5.03 Å². The van der Waals surface area contributed by atoms with Crippen LogP contribution in [0.2, 0.25) is 0 Å². The molecule has 1 saturated heterocycles. The zero-order chi connectivity index (χ0) is 14.2. The lowest BCUT2D eigenvalue weighted by Crippen LogP contribution is -2.48. The average molecular weight is 304 g/mol. The Morgan fingerprint density at radius 1 is 1.53 bits per heavy atom. The second-order valence-corrected chi connectivity index (χ2v) is 8.06. The van der Waals surface area contributed by atoms with E-state index in [1.807, 2.05) is 6.92 Å². The molecule has 0 amide bonds. The summed E-state index contributed by atoms with van der Waals surface area (Å²) >= 11 is 1.80. The number of aromatic amines is 1. The lowest BCUT2D eigenvalue weighted by Gasteiger charge is -2.35. The van der Waals surface area contributed by atoms with Crippen molar-refractivity contribution >= 4 is 21.8 Å². The highest BCUT2D eigenvalue weighted by Crippen LogP contribution is 2.30. The third kappa shape index (κ3) is 2.54. The number of hydrogen-bond acceptors (Lipinski definition) is 5. The van der Waals surface area contributed by atoms with E-state index < -0.39 is 10.0 Å². The lowest BCUT2D eigenvalue weighted by molar-refractivity contribution is 0.339. The van der Waals surface area contributed by atoms with Crippen LogP contribution in [0.4, 0.5) is 0 Å². The zero-order valence-corrected chi connectivity index (χ0v) is 13.0. The summed E-state index contributed by atoms with van der Waals surface area (Å²) in [5, 5.41) is 7.03. The molecule has 1 aromatic rings. The Bertz CT molecular complexity index is 555. The molecule has 108 valence electrons. The number of aryl methyl sites for hydroxylation is 1. The maximum atomic E-state index is 12.7. The van der Waals surface area contributed by atoms with Gasteiger partial charge in [0.05, 0.1) is 0 Å². The lowest BCUT2D eigenvalue weighted by atomic mass is 10.2. The van der Waals surface area contributed by atoms with E-state index in [0.717, 1.165) is 5.75 Å². The SMILES string of the molecule is Cc1[nH]nc(S(=O)(=O)N2CCSC(C)C2C)c1CN. The third-order valence-corrected chi connectivity index (χ3v) is 6.92. The van der Waals surface area contributed by atoms with E-state index in [2.05, 4.69) is 17.1 Å². The van der Waals surface area contributed by atoms with Crippen LogP contribution in [0.3, 0.4) is 0 Å². The molecule has 0 bridgehead atoms. The topological polar surface area (TPSA) is 92.1 Å². The molecule has 2 heterocycles. The molecule has 1 fully saturated rings. The van der Waals surface area contributed by atoms with E-state index in [1.165, 1.54) is 0 Å². The summed E-state index contributed by atoms with van der Waals surface area (Å²) in [6.45, 7) is 6.47. The summed E-state index contributed by atoms with van der Waals surface area (Å²) in [6.07, 6.45) is 0. The Kier molecular flexibility index (Phi) is 4.24. The van der Waals surface area contributed by atoms with Gasteiger partial charge in [0.25, 0.3) is 10.0 Å². The van der Waals surface area contributed by atoms with Gasteiger partial charge in [-0.1, -0.05) is 6.92 Å². The van der Waals surface area contributed by atoms with Crippen molar-refractivity contribution in [2.24, 2.45) is 5.73 Å². The Balaban J connectivity index is 2.41. The molecule has 0 aliphatic carbocycles. The van der Waals surface area contributed by atoms with Gasteiger partial charge in [0.1, 0.15) is 0 Å². The Morgan fingerprint density at radius 3 is 2.84 bits per heavy atom. The van der Waals surface area contributed by atoms with Crippen molar-refractivity contribution in [3.05, 3.63) is 11.3 Å². The first kappa shape index (κ1) is 14.8. The predicted molar refractivity (Wildman–Crippen MR) is 76.5 cm³/mol. The van der Waals surface area contributed by atoms with Crippen LogP contribution in [0, 0.1) is 6.92 Å². The van der Waals surface area contributed by atoms with Gasteiger partial charge in [-0.25, -0.2) is 8.42 Å². The summed E-state index contributed by atoms with van der Waals surface area (Å²) in [7, 11) is -3.57. The van der Waals surface area contributed by atoms with Crippen LogP contribution < -0.4 is 5.73 Å². The quantitative estimate of drug-likeness (QED) is 0.857. The number of rotatable bonds is 3. The van der Waals surface area contributed by atoms with Crippen molar-refractivity contribution < 1.29 is 8.42 Å². The van der Waals surface area contributed by atoms with E-state index in [1.54, 1.807) is 23.0 Å².